The first-order chi connectivity index (χ1) is 11.1. The van der Waals surface area contributed by atoms with Gasteiger partial charge in [-0.1, -0.05) is 35.9 Å². The largest absolute Gasteiger partial charge is 0.352 e. The molecule has 2 heterocycles. The van der Waals surface area contributed by atoms with Crippen LogP contribution in [0.25, 0.3) is 0 Å². The van der Waals surface area contributed by atoms with Gasteiger partial charge in [0.1, 0.15) is 0 Å². The molecule has 1 aliphatic heterocycles. The predicted octanol–water partition coefficient (Wildman–Crippen LogP) is 3.24. The molecule has 2 amide bonds. The lowest BCUT2D eigenvalue weighted by molar-refractivity contribution is -0.128. The number of benzene rings is 1. The van der Waals surface area contributed by atoms with Crippen LogP contribution >= 0.6 is 22.9 Å². The van der Waals surface area contributed by atoms with Gasteiger partial charge in [0.25, 0.3) is 0 Å². The normalized spacial score (nSPS) is 20.8. The third-order valence-corrected chi connectivity index (χ3v) is 5.48. The second kappa shape index (κ2) is 6.72. The molecule has 0 bridgehead atoms. The van der Waals surface area contributed by atoms with Crippen LogP contribution in [0.15, 0.2) is 41.8 Å². The molecule has 120 valence electrons. The maximum atomic E-state index is 12.6. The number of hydrogen-bond acceptors (Lipinski definition) is 3. The Balaban J connectivity index is 1.73. The van der Waals surface area contributed by atoms with Crippen molar-refractivity contribution in [3.05, 3.63) is 57.2 Å². The third-order valence-electron chi connectivity index (χ3n) is 4.17. The van der Waals surface area contributed by atoms with Crippen LogP contribution < -0.4 is 5.32 Å². The van der Waals surface area contributed by atoms with Crippen molar-refractivity contribution in [2.24, 2.45) is 5.92 Å². The fourth-order valence-electron chi connectivity index (χ4n) is 2.91. The summed E-state index contributed by atoms with van der Waals surface area (Å²) in [6, 6.07) is 11.1. The van der Waals surface area contributed by atoms with E-state index in [0.29, 0.717) is 11.6 Å². The molecule has 0 radical (unpaired) electrons. The van der Waals surface area contributed by atoms with E-state index in [2.05, 4.69) is 5.32 Å². The average molecular weight is 349 g/mol. The van der Waals surface area contributed by atoms with Crippen LogP contribution in [0.5, 0.6) is 0 Å². The first-order valence-electron chi connectivity index (χ1n) is 7.38. The van der Waals surface area contributed by atoms with Crippen molar-refractivity contribution < 1.29 is 9.59 Å². The molecule has 2 aromatic rings. The number of thiophene rings is 1. The molecule has 4 nitrogen and oxygen atoms in total. The second-order valence-corrected chi connectivity index (χ2v) is 6.97. The fraction of sp³-hybridized carbons (Fsp3) is 0.294. The minimum atomic E-state index is -0.367. The summed E-state index contributed by atoms with van der Waals surface area (Å²) in [6.45, 7) is 0.365. The molecule has 2 unspecified atom stereocenters. The Kier molecular flexibility index (Phi) is 4.68. The van der Waals surface area contributed by atoms with Crippen molar-refractivity contribution in [3.8, 4) is 0 Å². The van der Waals surface area contributed by atoms with Gasteiger partial charge < -0.3 is 10.2 Å². The van der Waals surface area contributed by atoms with Crippen molar-refractivity contribution in [2.75, 3.05) is 7.05 Å². The average Bonchev–Trinajstić information content (AvgIpc) is 3.15. The van der Waals surface area contributed by atoms with Crippen LogP contribution in [0.2, 0.25) is 5.02 Å². The number of likely N-dealkylation sites (tertiary alicyclic amines) is 1. The van der Waals surface area contributed by atoms with Gasteiger partial charge in [-0.3, -0.25) is 9.59 Å². The van der Waals surface area contributed by atoms with Gasteiger partial charge in [-0.15, -0.1) is 11.3 Å². The highest BCUT2D eigenvalue weighted by atomic mass is 35.5. The van der Waals surface area contributed by atoms with Crippen LogP contribution in [0, 0.1) is 5.92 Å². The summed E-state index contributed by atoms with van der Waals surface area (Å²) in [5.41, 5.74) is 0.868. The van der Waals surface area contributed by atoms with Gasteiger partial charge in [-0.2, -0.15) is 0 Å². The van der Waals surface area contributed by atoms with E-state index in [1.165, 1.54) is 0 Å². The maximum absolute atomic E-state index is 12.6. The first-order valence-corrected chi connectivity index (χ1v) is 8.64. The summed E-state index contributed by atoms with van der Waals surface area (Å²) in [6.07, 6.45) is 0.243. The lowest BCUT2D eigenvalue weighted by Crippen LogP contribution is -2.34. The molecule has 1 N–H and O–H groups in total. The van der Waals surface area contributed by atoms with E-state index in [4.69, 9.17) is 11.6 Å². The van der Waals surface area contributed by atoms with Crippen molar-refractivity contribution in [2.45, 2.75) is 19.0 Å². The molecule has 0 aliphatic carbocycles. The lowest BCUT2D eigenvalue weighted by Gasteiger charge is -2.23. The minimum Gasteiger partial charge on any atom is -0.352 e. The van der Waals surface area contributed by atoms with Crippen molar-refractivity contribution in [1.29, 1.82) is 0 Å². The zero-order valence-corrected chi connectivity index (χ0v) is 14.2. The minimum absolute atomic E-state index is 0.00120. The van der Waals surface area contributed by atoms with Gasteiger partial charge in [0.05, 0.1) is 12.0 Å². The number of nitrogens with one attached hydrogen (secondary N) is 1. The molecular formula is C17H17ClN2O2S. The quantitative estimate of drug-likeness (QED) is 0.922. The van der Waals surface area contributed by atoms with E-state index < -0.39 is 0 Å². The SMILES string of the molecule is CN1C(=O)CC(C(=O)NCc2ccccc2Cl)C1c1cccs1. The number of carbonyl (C=O) groups is 2. The predicted molar refractivity (Wildman–Crippen MR) is 91.2 cm³/mol. The van der Waals surface area contributed by atoms with Crippen LogP contribution in [0.1, 0.15) is 22.9 Å². The molecular weight excluding hydrogens is 332 g/mol. The Hall–Kier alpha value is -1.85. The van der Waals surface area contributed by atoms with E-state index in [-0.39, 0.29) is 30.2 Å². The molecule has 3 rings (SSSR count). The Morgan fingerprint density at radius 3 is 2.83 bits per heavy atom. The van der Waals surface area contributed by atoms with E-state index in [1.54, 1.807) is 29.4 Å². The molecule has 1 aromatic heterocycles. The summed E-state index contributed by atoms with van der Waals surface area (Å²) in [5.74, 6) is -0.476. The Bertz CT molecular complexity index is 717. The molecule has 2 atom stereocenters. The number of nitrogens with zero attached hydrogens (tertiary/aromatic N) is 1. The zero-order chi connectivity index (χ0) is 16.4. The van der Waals surface area contributed by atoms with Gasteiger partial charge in [0.2, 0.25) is 11.8 Å². The zero-order valence-electron chi connectivity index (χ0n) is 12.7. The molecule has 0 spiro atoms. The van der Waals surface area contributed by atoms with Gasteiger partial charge in [-0.25, -0.2) is 0 Å². The Morgan fingerprint density at radius 2 is 2.13 bits per heavy atom. The number of rotatable bonds is 4. The molecule has 1 aliphatic rings. The second-order valence-electron chi connectivity index (χ2n) is 5.58. The fourth-order valence-corrected chi connectivity index (χ4v) is 4.04. The summed E-state index contributed by atoms with van der Waals surface area (Å²) in [4.78, 5) is 27.4. The summed E-state index contributed by atoms with van der Waals surface area (Å²) >= 11 is 7.68. The molecule has 23 heavy (non-hydrogen) atoms. The van der Waals surface area contributed by atoms with Crippen LogP contribution in [-0.2, 0) is 16.1 Å². The topological polar surface area (TPSA) is 49.4 Å². The first kappa shape index (κ1) is 16.0. The summed E-state index contributed by atoms with van der Waals surface area (Å²) in [7, 11) is 1.76. The van der Waals surface area contributed by atoms with Crippen LogP contribution in [0.3, 0.4) is 0 Å². The highest BCUT2D eigenvalue weighted by molar-refractivity contribution is 7.10. The van der Waals surface area contributed by atoms with Gasteiger partial charge in [0, 0.05) is 29.9 Å². The van der Waals surface area contributed by atoms with Crippen LogP contribution in [0.4, 0.5) is 0 Å². The third kappa shape index (κ3) is 3.26. The monoisotopic (exact) mass is 348 g/mol. The Morgan fingerprint density at radius 1 is 1.35 bits per heavy atom. The highest BCUT2D eigenvalue weighted by Crippen LogP contribution is 2.39. The molecule has 1 saturated heterocycles. The van der Waals surface area contributed by atoms with Crippen molar-refractivity contribution in [3.63, 3.8) is 0 Å². The number of carbonyl (C=O) groups excluding carboxylic acids is 2. The smallest absolute Gasteiger partial charge is 0.226 e. The molecule has 0 saturated carbocycles. The summed E-state index contributed by atoms with van der Waals surface area (Å²) < 4.78 is 0. The number of halogens is 1. The number of amides is 2. The van der Waals surface area contributed by atoms with Gasteiger partial charge in [-0.05, 0) is 23.1 Å². The lowest BCUT2D eigenvalue weighted by atomic mass is 9.98. The molecule has 1 aromatic carbocycles. The van der Waals surface area contributed by atoms with E-state index in [9.17, 15) is 9.59 Å². The van der Waals surface area contributed by atoms with Gasteiger partial charge in [0.15, 0.2) is 0 Å². The summed E-state index contributed by atoms with van der Waals surface area (Å²) in [5, 5.41) is 5.51. The highest BCUT2D eigenvalue weighted by Gasteiger charge is 2.43. The maximum Gasteiger partial charge on any atom is 0.226 e. The molecule has 6 heteroatoms. The molecule has 1 fully saturated rings. The van der Waals surface area contributed by atoms with E-state index in [0.717, 1.165) is 10.4 Å². The van der Waals surface area contributed by atoms with Crippen molar-refractivity contribution in [1.82, 2.24) is 10.2 Å². The Labute approximate surface area is 144 Å². The van der Waals surface area contributed by atoms with E-state index in [1.807, 2.05) is 35.7 Å². The van der Waals surface area contributed by atoms with Crippen LogP contribution in [-0.4, -0.2) is 23.8 Å². The van der Waals surface area contributed by atoms with Gasteiger partial charge >= 0.3 is 0 Å². The standard InChI is InChI=1S/C17H17ClN2O2S/c1-20-15(21)9-12(16(20)14-7-4-8-23-14)17(22)19-10-11-5-2-3-6-13(11)18/h2-8,12,16H,9-10H2,1H3,(H,19,22). The van der Waals surface area contributed by atoms with Crippen molar-refractivity contribution >= 4 is 34.8 Å². The van der Waals surface area contributed by atoms with E-state index >= 15 is 0 Å². The number of hydrogen-bond donors (Lipinski definition) is 1.